The normalized spacial score (nSPS) is 11.1. The number of benzene rings is 2. The molecule has 0 spiro atoms. The van der Waals surface area contributed by atoms with Gasteiger partial charge in [-0.25, -0.2) is 5.43 Å². The highest BCUT2D eigenvalue weighted by atomic mass is 16.6. The highest BCUT2D eigenvalue weighted by Crippen LogP contribution is 2.16. The predicted octanol–water partition coefficient (Wildman–Crippen LogP) is 2.72. The minimum atomic E-state index is -0.705. The SMILES string of the molecule is CN(C)c1ccc(/C=C(\C#N)C(=O)N/N=C/c2ccccc2[N+](=O)[O-])cc1. The summed E-state index contributed by atoms with van der Waals surface area (Å²) in [5.74, 6) is -0.705. The summed E-state index contributed by atoms with van der Waals surface area (Å²) in [5, 5.41) is 23.9. The van der Waals surface area contributed by atoms with Gasteiger partial charge < -0.3 is 4.90 Å². The van der Waals surface area contributed by atoms with Gasteiger partial charge in [-0.05, 0) is 29.8 Å². The van der Waals surface area contributed by atoms with E-state index in [0.717, 1.165) is 11.9 Å². The van der Waals surface area contributed by atoms with Crippen LogP contribution < -0.4 is 10.3 Å². The maximum Gasteiger partial charge on any atom is 0.282 e. The Morgan fingerprint density at radius 2 is 1.89 bits per heavy atom. The smallest absolute Gasteiger partial charge is 0.282 e. The van der Waals surface area contributed by atoms with Crippen molar-refractivity contribution in [3.05, 3.63) is 75.3 Å². The van der Waals surface area contributed by atoms with Crippen LogP contribution in [0.2, 0.25) is 0 Å². The average Bonchev–Trinajstić information content (AvgIpc) is 2.66. The molecule has 1 amide bonds. The van der Waals surface area contributed by atoms with Crippen molar-refractivity contribution in [3.8, 4) is 6.07 Å². The van der Waals surface area contributed by atoms with Crippen molar-refractivity contribution >= 4 is 29.6 Å². The third-order valence-electron chi connectivity index (χ3n) is 3.59. The molecule has 0 saturated heterocycles. The van der Waals surface area contributed by atoms with Crippen LogP contribution in [-0.4, -0.2) is 31.1 Å². The Labute approximate surface area is 156 Å². The molecule has 2 aromatic carbocycles. The van der Waals surface area contributed by atoms with Crippen molar-refractivity contribution in [3.63, 3.8) is 0 Å². The monoisotopic (exact) mass is 363 g/mol. The summed E-state index contributed by atoms with van der Waals surface area (Å²) in [6.45, 7) is 0. The van der Waals surface area contributed by atoms with Crippen molar-refractivity contribution in [1.82, 2.24) is 5.43 Å². The average molecular weight is 363 g/mol. The summed E-state index contributed by atoms with van der Waals surface area (Å²) >= 11 is 0. The summed E-state index contributed by atoms with van der Waals surface area (Å²) in [5.41, 5.74) is 3.86. The first-order valence-corrected chi connectivity index (χ1v) is 7.88. The number of anilines is 1. The first-order chi connectivity index (χ1) is 12.9. The fraction of sp³-hybridized carbons (Fsp3) is 0.105. The van der Waals surface area contributed by atoms with Crippen molar-refractivity contribution in [1.29, 1.82) is 5.26 Å². The van der Waals surface area contributed by atoms with Crippen molar-refractivity contribution in [2.45, 2.75) is 0 Å². The number of nitro groups is 1. The second-order valence-electron chi connectivity index (χ2n) is 5.67. The number of hydrazone groups is 1. The number of carbonyl (C=O) groups is 1. The zero-order valence-corrected chi connectivity index (χ0v) is 14.8. The molecule has 0 bridgehead atoms. The summed E-state index contributed by atoms with van der Waals surface area (Å²) in [6.07, 6.45) is 2.60. The van der Waals surface area contributed by atoms with Crippen LogP contribution in [0.25, 0.3) is 6.08 Å². The quantitative estimate of drug-likeness (QED) is 0.279. The molecule has 0 aromatic heterocycles. The van der Waals surface area contributed by atoms with E-state index in [1.165, 1.54) is 24.3 Å². The number of nitro benzene ring substituents is 1. The number of amides is 1. The third kappa shape index (κ3) is 5.24. The Hall–Kier alpha value is -3.99. The van der Waals surface area contributed by atoms with Crippen LogP contribution in [0.5, 0.6) is 0 Å². The van der Waals surface area contributed by atoms with Gasteiger partial charge in [0, 0.05) is 25.8 Å². The lowest BCUT2D eigenvalue weighted by Crippen LogP contribution is -2.19. The van der Waals surface area contributed by atoms with Gasteiger partial charge in [0.25, 0.3) is 11.6 Å². The Balaban J connectivity index is 2.11. The molecule has 0 aliphatic rings. The Morgan fingerprint density at radius 1 is 1.22 bits per heavy atom. The van der Waals surface area contributed by atoms with Crippen LogP contribution in [-0.2, 0) is 4.79 Å². The maximum absolute atomic E-state index is 12.1. The minimum absolute atomic E-state index is 0.132. The maximum atomic E-state index is 12.1. The summed E-state index contributed by atoms with van der Waals surface area (Å²) in [6, 6.07) is 15.1. The number of nitrogens with one attached hydrogen (secondary N) is 1. The van der Waals surface area contributed by atoms with E-state index in [9.17, 15) is 20.2 Å². The highest BCUT2D eigenvalue weighted by molar-refractivity contribution is 6.02. The van der Waals surface area contributed by atoms with E-state index in [4.69, 9.17) is 0 Å². The molecule has 8 nitrogen and oxygen atoms in total. The molecule has 0 aliphatic heterocycles. The topological polar surface area (TPSA) is 112 Å². The Morgan fingerprint density at radius 3 is 2.48 bits per heavy atom. The largest absolute Gasteiger partial charge is 0.378 e. The Kier molecular flexibility index (Phi) is 6.39. The zero-order chi connectivity index (χ0) is 19.8. The fourth-order valence-electron chi connectivity index (χ4n) is 2.17. The molecule has 2 aromatic rings. The first kappa shape index (κ1) is 19.3. The van der Waals surface area contributed by atoms with E-state index in [1.807, 2.05) is 37.2 Å². The molecule has 0 unspecified atom stereocenters. The number of hydrogen-bond acceptors (Lipinski definition) is 6. The highest BCUT2D eigenvalue weighted by Gasteiger charge is 2.11. The molecule has 0 fully saturated rings. The van der Waals surface area contributed by atoms with Gasteiger partial charge in [-0.1, -0.05) is 24.3 Å². The predicted molar refractivity (Wildman–Crippen MR) is 103 cm³/mol. The van der Waals surface area contributed by atoms with Crippen molar-refractivity contribution < 1.29 is 9.72 Å². The van der Waals surface area contributed by atoms with E-state index >= 15 is 0 Å². The number of rotatable bonds is 6. The molecule has 0 saturated carbocycles. The lowest BCUT2D eigenvalue weighted by atomic mass is 10.1. The van der Waals surface area contributed by atoms with Gasteiger partial charge in [0.05, 0.1) is 16.7 Å². The lowest BCUT2D eigenvalue weighted by molar-refractivity contribution is -0.385. The molecule has 0 aliphatic carbocycles. The van der Waals surface area contributed by atoms with Gasteiger partial charge in [-0.15, -0.1) is 0 Å². The van der Waals surface area contributed by atoms with E-state index in [2.05, 4.69) is 10.5 Å². The molecule has 1 N–H and O–H groups in total. The molecular weight excluding hydrogens is 346 g/mol. The van der Waals surface area contributed by atoms with Gasteiger partial charge in [0.1, 0.15) is 11.6 Å². The van der Waals surface area contributed by atoms with Crippen LogP contribution in [0.3, 0.4) is 0 Å². The summed E-state index contributed by atoms with van der Waals surface area (Å²) < 4.78 is 0. The third-order valence-corrected chi connectivity index (χ3v) is 3.59. The van der Waals surface area contributed by atoms with E-state index in [-0.39, 0.29) is 16.8 Å². The Bertz CT molecular complexity index is 941. The second kappa shape index (κ2) is 8.92. The second-order valence-corrected chi connectivity index (χ2v) is 5.67. The van der Waals surface area contributed by atoms with Crippen molar-refractivity contribution in [2.24, 2.45) is 5.10 Å². The zero-order valence-electron chi connectivity index (χ0n) is 14.8. The molecule has 0 atom stereocenters. The van der Waals surface area contributed by atoms with E-state index < -0.39 is 10.8 Å². The van der Waals surface area contributed by atoms with Crippen LogP contribution >= 0.6 is 0 Å². The van der Waals surface area contributed by atoms with Crippen LogP contribution in [0.1, 0.15) is 11.1 Å². The standard InChI is InChI=1S/C19H17N5O3/c1-23(2)17-9-7-14(8-10-17)11-16(12-20)19(25)22-21-13-15-5-3-4-6-18(15)24(26)27/h3-11,13H,1-2H3,(H,22,25)/b16-11+,21-13+. The lowest BCUT2D eigenvalue weighted by Gasteiger charge is -2.11. The van der Waals surface area contributed by atoms with Gasteiger partial charge in [0.2, 0.25) is 0 Å². The van der Waals surface area contributed by atoms with Crippen molar-refractivity contribution in [2.75, 3.05) is 19.0 Å². The van der Waals surface area contributed by atoms with Crippen LogP contribution in [0, 0.1) is 21.4 Å². The number of para-hydroxylation sites is 1. The summed E-state index contributed by atoms with van der Waals surface area (Å²) in [7, 11) is 3.82. The molecule has 2 rings (SSSR count). The molecule has 0 radical (unpaired) electrons. The molecular formula is C19H17N5O3. The summed E-state index contributed by atoms with van der Waals surface area (Å²) in [4.78, 5) is 24.4. The molecule has 27 heavy (non-hydrogen) atoms. The fourth-order valence-corrected chi connectivity index (χ4v) is 2.17. The number of hydrogen-bond donors (Lipinski definition) is 1. The number of nitriles is 1. The van der Waals surface area contributed by atoms with Gasteiger partial charge >= 0.3 is 0 Å². The van der Waals surface area contributed by atoms with Gasteiger partial charge in [-0.2, -0.15) is 10.4 Å². The van der Waals surface area contributed by atoms with Gasteiger partial charge in [-0.3, -0.25) is 14.9 Å². The molecule has 136 valence electrons. The number of carbonyl (C=O) groups excluding carboxylic acids is 1. The first-order valence-electron chi connectivity index (χ1n) is 7.88. The van der Waals surface area contributed by atoms with Gasteiger partial charge in [0.15, 0.2) is 0 Å². The molecule has 8 heteroatoms. The van der Waals surface area contributed by atoms with E-state index in [0.29, 0.717) is 5.56 Å². The van der Waals surface area contributed by atoms with Crippen LogP contribution in [0.15, 0.2) is 59.2 Å². The van der Waals surface area contributed by atoms with E-state index in [1.54, 1.807) is 18.2 Å². The minimum Gasteiger partial charge on any atom is -0.378 e. The molecule has 0 heterocycles. The number of nitrogens with zero attached hydrogens (tertiary/aromatic N) is 4. The van der Waals surface area contributed by atoms with Crippen LogP contribution in [0.4, 0.5) is 11.4 Å².